The van der Waals surface area contributed by atoms with Crippen molar-refractivity contribution in [3.63, 3.8) is 0 Å². The van der Waals surface area contributed by atoms with Gasteiger partial charge in [0.2, 0.25) is 0 Å². The Balaban J connectivity index is 1.11. The zero-order valence-corrected chi connectivity index (χ0v) is 27.6. The van der Waals surface area contributed by atoms with Crippen molar-refractivity contribution in [1.82, 2.24) is 0 Å². The van der Waals surface area contributed by atoms with Gasteiger partial charge in [-0.25, -0.2) is 4.79 Å². The van der Waals surface area contributed by atoms with Gasteiger partial charge in [0, 0.05) is 11.8 Å². The first-order chi connectivity index (χ1) is 20.6. The molecule has 0 aromatic heterocycles. The summed E-state index contributed by atoms with van der Waals surface area (Å²) in [7, 11) is 0. The molecule has 4 aliphatic carbocycles. The molecule has 0 bridgehead atoms. The Hall–Kier alpha value is -2.55. The first kappa shape index (κ1) is 30.5. The van der Waals surface area contributed by atoms with Crippen LogP contribution >= 0.6 is 0 Å². The first-order valence-electron chi connectivity index (χ1n) is 17.5. The predicted molar refractivity (Wildman–Crippen MR) is 180 cm³/mol. The van der Waals surface area contributed by atoms with Crippen LogP contribution in [0.5, 0.6) is 0 Å². The van der Waals surface area contributed by atoms with Crippen LogP contribution in [0.3, 0.4) is 0 Å². The summed E-state index contributed by atoms with van der Waals surface area (Å²) in [4.78, 5) is 13.0. The third-order valence-corrected chi connectivity index (χ3v) is 13.1. The highest BCUT2D eigenvalue weighted by atomic mass is 16.6. The Morgan fingerprint density at radius 2 is 1.77 bits per heavy atom. The summed E-state index contributed by atoms with van der Waals surface area (Å²) >= 11 is 0. The highest BCUT2D eigenvalue weighted by Crippen LogP contribution is 2.67. The van der Waals surface area contributed by atoms with E-state index in [0.29, 0.717) is 17.3 Å². The van der Waals surface area contributed by atoms with E-state index in [9.17, 15) is 4.79 Å². The van der Waals surface area contributed by atoms with Crippen LogP contribution in [0.15, 0.2) is 66.3 Å². The number of hydrogen-bond donors (Lipinski definition) is 1. The van der Waals surface area contributed by atoms with Crippen LogP contribution in [0.4, 0.5) is 10.5 Å². The molecule has 3 nitrogen and oxygen atoms in total. The number of fused-ring (bicyclic) bond motifs is 6. The maximum Gasteiger partial charge on any atom is 0.411 e. The third kappa shape index (κ3) is 5.59. The smallest absolute Gasteiger partial charge is 0.411 e. The number of benzene rings is 2. The number of nitrogens with one attached hydrogen (secondary N) is 1. The van der Waals surface area contributed by atoms with E-state index >= 15 is 0 Å². The zero-order chi connectivity index (χ0) is 30.4. The van der Waals surface area contributed by atoms with Crippen molar-refractivity contribution in [1.29, 1.82) is 0 Å². The van der Waals surface area contributed by atoms with Gasteiger partial charge in [0.1, 0.15) is 6.10 Å². The van der Waals surface area contributed by atoms with Gasteiger partial charge in [-0.3, -0.25) is 5.32 Å². The van der Waals surface area contributed by atoms with Crippen molar-refractivity contribution in [2.45, 2.75) is 105 Å². The second kappa shape index (κ2) is 12.1. The van der Waals surface area contributed by atoms with Gasteiger partial charge in [-0.15, -0.1) is 0 Å². The van der Waals surface area contributed by atoms with E-state index in [2.05, 4.69) is 77.2 Å². The number of amides is 1. The topological polar surface area (TPSA) is 38.3 Å². The molecular weight excluding hydrogens is 526 g/mol. The summed E-state index contributed by atoms with van der Waals surface area (Å²) in [6, 6.07) is 14.2. The van der Waals surface area contributed by atoms with Crippen LogP contribution in [0.25, 0.3) is 10.8 Å². The van der Waals surface area contributed by atoms with Crippen LogP contribution in [-0.2, 0) is 4.74 Å². The van der Waals surface area contributed by atoms with Crippen LogP contribution in [0.2, 0.25) is 0 Å². The minimum absolute atomic E-state index is 0.0407. The summed E-state index contributed by atoms with van der Waals surface area (Å²) in [5.74, 6) is 5.31. The summed E-state index contributed by atoms with van der Waals surface area (Å²) in [5.41, 5.74) is 3.10. The predicted octanol–water partition coefficient (Wildman–Crippen LogP) is 11.2. The van der Waals surface area contributed by atoms with Gasteiger partial charge in [-0.2, -0.15) is 0 Å². The maximum atomic E-state index is 13.0. The molecule has 6 rings (SSSR count). The van der Waals surface area contributed by atoms with Gasteiger partial charge in [-0.05, 0) is 115 Å². The van der Waals surface area contributed by atoms with Crippen molar-refractivity contribution in [3.05, 3.63) is 66.3 Å². The number of anilines is 1. The lowest BCUT2D eigenvalue weighted by atomic mass is 9.47. The monoisotopic (exact) mass is 581 g/mol. The maximum absolute atomic E-state index is 13.0. The highest BCUT2D eigenvalue weighted by Gasteiger charge is 2.59. The molecular formula is C40H55NO2. The number of hydrogen-bond acceptors (Lipinski definition) is 2. The van der Waals surface area contributed by atoms with Crippen molar-refractivity contribution in [3.8, 4) is 0 Å². The highest BCUT2D eigenvalue weighted by molar-refractivity contribution is 6.00. The third-order valence-electron chi connectivity index (χ3n) is 13.1. The average molecular weight is 582 g/mol. The minimum Gasteiger partial charge on any atom is -0.446 e. The van der Waals surface area contributed by atoms with E-state index in [4.69, 9.17) is 4.74 Å². The van der Waals surface area contributed by atoms with Gasteiger partial charge < -0.3 is 4.74 Å². The lowest BCUT2D eigenvalue weighted by Gasteiger charge is -2.58. The molecule has 1 amide bonds. The molecule has 9 unspecified atom stereocenters. The summed E-state index contributed by atoms with van der Waals surface area (Å²) in [6.45, 7) is 14.8. The molecule has 3 fully saturated rings. The molecule has 0 radical (unpaired) electrons. The van der Waals surface area contributed by atoms with E-state index in [1.807, 2.05) is 30.3 Å². The van der Waals surface area contributed by atoms with E-state index < -0.39 is 0 Å². The Morgan fingerprint density at radius 3 is 2.56 bits per heavy atom. The Morgan fingerprint density at radius 1 is 0.977 bits per heavy atom. The summed E-state index contributed by atoms with van der Waals surface area (Å²) in [5, 5.41) is 5.21. The standard InChI is InChI=1S/C40H55NO2/c1-7-28(26(2)3)16-15-27(4)34-19-20-35-33-18-17-30-25-31(21-23-39(30,5)36(33)22-24-40(34,35)6)43-38(42)41-37-14-10-12-29-11-8-9-13-32(29)37/h8-17,26-28,31,33-36H,7,18-25H2,1-6H3,(H,41,42)/b16-15+. The number of carbonyl (C=O) groups excluding carboxylic acids is 1. The van der Waals surface area contributed by atoms with Crippen LogP contribution in [0.1, 0.15) is 99.3 Å². The molecule has 2 aromatic carbocycles. The number of ether oxygens (including phenoxy) is 1. The second-order valence-corrected chi connectivity index (χ2v) is 15.5. The molecule has 1 N–H and O–H groups in total. The fraction of sp³-hybridized carbons (Fsp3) is 0.625. The fourth-order valence-corrected chi connectivity index (χ4v) is 10.5. The van der Waals surface area contributed by atoms with Crippen molar-refractivity contribution >= 4 is 22.6 Å². The normalized spacial score (nSPS) is 35.1. The van der Waals surface area contributed by atoms with Gasteiger partial charge in [0.25, 0.3) is 0 Å². The Labute approximate surface area is 260 Å². The van der Waals surface area contributed by atoms with Crippen LogP contribution < -0.4 is 5.32 Å². The summed E-state index contributed by atoms with van der Waals surface area (Å²) in [6.07, 6.45) is 18.3. The van der Waals surface area contributed by atoms with Crippen LogP contribution in [-0.4, -0.2) is 12.2 Å². The van der Waals surface area contributed by atoms with Crippen molar-refractivity contribution in [2.75, 3.05) is 5.32 Å². The molecule has 9 atom stereocenters. The SMILES string of the molecule is CCC(/C=C/C(C)C1CCC2C3CC=C4CC(OC(=O)Nc5cccc6ccccc56)CCC4(C)C3CCC12C)C(C)C. The van der Waals surface area contributed by atoms with Crippen molar-refractivity contribution < 1.29 is 9.53 Å². The van der Waals surface area contributed by atoms with Crippen LogP contribution in [0, 0.1) is 52.3 Å². The fourth-order valence-electron chi connectivity index (χ4n) is 10.5. The molecule has 3 heteroatoms. The van der Waals surface area contributed by atoms with E-state index in [0.717, 1.165) is 65.3 Å². The van der Waals surface area contributed by atoms with Gasteiger partial charge >= 0.3 is 6.09 Å². The van der Waals surface area contributed by atoms with Crippen molar-refractivity contribution in [2.24, 2.45) is 52.3 Å². The zero-order valence-electron chi connectivity index (χ0n) is 27.6. The molecule has 232 valence electrons. The van der Waals surface area contributed by atoms with Gasteiger partial charge in [0.05, 0.1) is 5.69 Å². The first-order valence-corrected chi connectivity index (χ1v) is 17.5. The number of allylic oxidation sites excluding steroid dienone is 3. The Kier molecular flexibility index (Phi) is 8.57. The average Bonchev–Trinajstić information content (AvgIpc) is 3.35. The molecule has 0 aliphatic heterocycles. The molecule has 43 heavy (non-hydrogen) atoms. The minimum atomic E-state index is -0.327. The van der Waals surface area contributed by atoms with Gasteiger partial charge in [-0.1, -0.05) is 102 Å². The molecule has 3 saturated carbocycles. The summed E-state index contributed by atoms with van der Waals surface area (Å²) < 4.78 is 6.07. The molecule has 0 spiro atoms. The molecule has 4 aliphatic rings. The lowest BCUT2D eigenvalue weighted by Crippen LogP contribution is -2.51. The lowest BCUT2D eigenvalue weighted by molar-refractivity contribution is -0.0545. The Bertz CT molecular complexity index is 1370. The molecule has 0 heterocycles. The second-order valence-electron chi connectivity index (χ2n) is 15.5. The van der Waals surface area contributed by atoms with E-state index in [1.165, 1.54) is 38.5 Å². The number of carbonyl (C=O) groups is 1. The molecule has 2 aromatic rings. The van der Waals surface area contributed by atoms with E-state index in [1.54, 1.807) is 5.57 Å². The molecule has 0 saturated heterocycles. The number of rotatable bonds is 7. The van der Waals surface area contributed by atoms with Gasteiger partial charge in [0.15, 0.2) is 0 Å². The quantitative estimate of drug-likeness (QED) is 0.330. The van der Waals surface area contributed by atoms with E-state index in [-0.39, 0.29) is 17.6 Å². The largest absolute Gasteiger partial charge is 0.446 e.